The van der Waals surface area contributed by atoms with E-state index in [-0.39, 0.29) is 0 Å². The van der Waals surface area contributed by atoms with Crippen molar-refractivity contribution in [2.24, 2.45) is 5.92 Å². The van der Waals surface area contributed by atoms with Crippen LogP contribution in [0.25, 0.3) is 5.69 Å². The highest BCUT2D eigenvalue weighted by molar-refractivity contribution is 5.28. The average molecular weight is 306 g/mol. The zero-order valence-electron chi connectivity index (χ0n) is 13.6. The third-order valence-electron chi connectivity index (χ3n) is 3.85. The van der Waals surface area contributed by atoms with E-state index in [0.29, 0.717) is 18.5 Å². The second-order valence-electron chi connectivity index (χ2n) is 5.97. The molecule has 0 spiro atoms. The molecule has 0 radical (unpaired) electrons. The Morgan fingerprint density at radius 1 is 0.957 bits per heavy atom. The van der Waals surface area contributed by atoms with Crippen LogP contribution in [0, 0.1) is 5.92 Å². The van der Waals surface area contributed by atoms with Gasteiger partial charge in [0.1, 0.15) is 0 Å². The Morgan fingerprint density at radius 3 is 2.26 bits per heavy atom. The van der Waals surface area contributed by atoms with E-state index in [1.54, 1.807) is 4.80 Å². The molecule has 0 bridgehead atoms. The monoisotopic (exact) mass is 306 g/mol. The molecule has 2 aromatic carbocycles. The Labute approximate surface area is 137 Å². The Kier molecular flexibility index (Phi) is 4.83. The molecular formula is C19H22N4. The first-order valence-corrected chi connectivity index (χ1v) is 7.99. The number of nitrogens with zero attached hydrogens (tertiary/aromatic N) is 3. The van der Waals surface area contributed by atoms with E-state index in [1.165, 1.54) is 5.56 Å². The first-order valence-electron chi connectivity index (χ1n) is 7.99. The van der Waals surface area contributed by atoms with Gasteiger partial charge in [-0.3, -0.25) is 0 Å². The van der Waals surface area contributed by atoms with E-state index in [4.69, 9.17) is 0 Å². The Hall–Kier alpha value is -2.46. The number of hydrogen-bond acceptors (Lipinski definition) is 3. The van der Waals surface area contributed by atoms with Gasteiger partial charge in [-0.25, -0.2) is 0 Å². The summed E-state index contributed by atoms with van der Waals surface area (Å²) in [5.74, 6) is 0.501. The van der Waals surface area contributed by atoms with Crippen LogP contribution >= 0.6 is 0 Å². The van der Waals surface area contributed by atoms with Crippen LogP contribution in [-0.4, -0.2) is 15.0 Å². The maximum Gasteiger partial charge on any atom is 0.0969 e. The van der Waals surface area contributed by atoms with Crippen molar-refractivity contribution in [1.29, 1.82) is 0 Å². The molecule has 1 N–H and O–H groups in total. The molecule has 1 atom stereocenters. The smallest absolute Gasteiger partial charge is 0.0969 e. The van der Waals surface area contributed by atoms with Crippen LogP contribution in [0.4, 0.5) is 0 Å². The number of benzene rings is 2. The molecule has 3 rings (SSSR count). The van der Waals surface area contributed by atoms with E-state index in [9.17, 15) is 0 Å². The van der Waals surface area contributed by atoms with Crippen LogP contribution in [0.1, 0.15) is 31.1 Å². The van der Waals surface area contributed by atoms with Gasteiger partial charge in [-0.1, -0.05) is 62.4 Å². The summed E-state index contributed by atoms with van der Waals surface area (Å²) in [4.78, 5) is 1.67. The molecule has 1 unspecified atom stereocenters. The number of rotatable bonds is 6. The van der Waals surface area contributed by atoms with Crippen molar-refractivity contribution in [2.75, 3.05) is 0 Å². The number of nitrogens with one attached hydrogen (secondary N) is 1. The molecule has 0 aliphatic carbocycles. The van der Waals surface area contributed by atoms with Crippen molar-refractivity contribution >= 4 is 0 Å². The highest BCUT2D eigenvalue weighted by Gasteiger charge is 2.15. The van der Waals surface area contributed by atoms with Crippen LogP contribution in [0.3, 0.4) is 0 Å². The summed E-state index contributed by atoms with van der Waals surface area (Å²) in [6.45, 7) is 5.15. The zero-order chi connectivity index (χ0) is 16.1. The SMILES string of the molecule is CC(C)C(NCc1cnn(-c2ccccc2)n1)c1ccccc1. The maximum atomic E-state index is 4.55. The third-order valence-corrected chi connectivity index (χ3v) is 3.85. The lowest BCUT2D eigenvalue weighted by molar-refractivity contribution is 0.408. The molecule has 1 heterocycles. The van der Waals surface area contributed by atoms with E-state index in [1.807, 2.05) is 42.6 Å². The standard InChI is InChI=1S/C19H22N4/c1-15(2)19(16-9-5-3-6-10-16)20-13-17-14-21-23(22-17)18-11-7-4-8-12-18/h3-12,14-15,19-20H,13H2,1-2H3. The van der Waals surface area contributed by atoms with Gasteiger partial charge in [0.05, 0.1) is 17.6 Å². The maximum absolute atomic E-state index is 4.55. The number of para-hydroxylation sites is 1. The van der Waals surface area contributed by atoms with Crippen molar-refractivity contribution in [1.82, 2.24) is 20.3 Å². The Morgan fingerprint density at radius 2 is 1.61 bits per heavy atom. The van der Waals surface area contributed by atoms with Gasteiger partial charge in [0.15, 0.2) is 0 Å². The average Bonchev–Trinajstić information content (AvgIpc) is 3.05. The largest absolute Gasteiger partial charge is 0.304 e. The number of hydrogen-bond donors (Lipinski definition) is 1. The van der Waals surface area contributed by atoms with Crippen LogP contribution in [0.5, 0.6) is 0 Å². The molecule has 0 fully saturated rings. The van der Waals surface area contributed by atoms with E-state index < -0.39 is 0 Å². The highest BCUT2D eigenvalue weighted by atomic mass is 15.5. The van der Waals surface area contributed by atoms with Crippen molar-refractivity contribution in [2.45, 2.75) is 26.4 Å². The molecule has 0 saturated heterocycles. The van der Waals surface area contributed by atoms with Crippen LogP contribution < -0.4 is 5.32 Å². The topological polar surface area (TPSA) is 42.7 Å². The minimum absolute atomic E-state index is 0.304. The fourth-order valence-electron chi connectivity index (χ4n) is 2.67. The van der Waals surface area contributed by atoms with Crippen LogP contribution in [0.2, 0.25) is 0 Å². The first-order chi connectivity index (χ1) is 11.2. The molecule has 4 nitrogen and oxygen atoms in total. The lowest BCUT2D eigenvalue weighted by Gasteiger charge is -2.22. The van der Waals surface area contributed by atoms with Gasteiger partial charge in [-0.2, -0.15) is 15.0 Å². The van der Waals surface area contributed by atoms with Gasteiger partial charge >= 0.3 is 0 Å². The second-order valence-corrected chi connectivity index (χ2v) is 5.97. The van der Waals surface area contributed by atoms with Gasteiger partial charge in [0.25, 0.3) is 0 Å². The quantitative estimate of drug-likeness (QED) is 0.754. The summed E-state index contributed by atoms with van der Waals surface area (Å²) in [5, 5.41) is 12.5. The van der Waals surface area contributed by atoms with Gasteiger partial charge in [-0.05, 0) is 23.6 Å². The summed E-state index contributed by atoms with van der Waals surface area (Å²) in [6, 6.07) is 20.8. The highest BCUT2D eigenvalue weighted by Crippen LogP contribution is 2.21. The molecule has 4 heteroatoms. The fraction of sp³-hybridized carbons (Fsp3) is 0.263. The Balaban J connectivity index is 1.69. The summed E-state index contributed by atoms with van der Waals surface area (Å²) < 4.78 is 0. The van der Waals surface area contributed by atoms with Gasteiger partial charge in [-0.15, -0.1) is 0 Å². The predicted octanol–water partition coefficient (Wildman–Crippen LogP) is 3.75. The molecule has 0 saturated carbocycles. The summed E-state index contributed by atoms with van der Waals surface area (Å²) in [7, 11) is 0. The summed E-state index contributed by atoms with van der Waals surface area (Å²) in [5.41, 5.74) is 3.22. The molecular weight excluding hydrogens is 284 g/mol. The van der Waals surface area contributed by atoms with E-state index >= 15 is 0 Å². The molecule has 1 aromatic heterocycles. The third kappa shape index (κ3) is 3.85. The summed E-state index contributed by atoms with van der Waals surface area (Å²) in [6.07, 6.45) is 1.82. The minimum Gasteiger partial charge on any atom is -0.304 e. The lowest BCUT2D eigenvalue weighted by Crippen LogP contribution is -2.25. The van der Waals surface area contributed by atoms with Crippen molar-refractivity contribution in [3.05, 3.63) is 78.1 Å². The van der Waals surface area contributed by atoms with Crippen molar-refractivity contribution in [3.8, 4) is 5.69 Å². The van der Waals surface area contributed by atoms with Crippen molar-refractivity contribution < 1.29 is 0 Å². The normalized spacial score (nSPS) is 12.5. The second kappa shape index (κ2) is 7.20. The molecule has 3 aromatic rings. The van der Waals surface area contributed by atoms with Gasteiger partial charge < -0.3 is 5.32 Å². The van der Waals surface area contributed by atoms with Crippen LogP contribution in [-0.2, 0) is 6.54 Å². The van der Waals surface area contributed by atoms with Gasteiger partial charge in [0.2, 0.25) is 0 Å². The summed E-state index contributed by atoms with van der Waals surface area (Å²) >= 11 is 0. The molecule has 118 valence electrons. The van der Waals surface area contributed by atoms with E-state index in [2.05, 4.69) is 53.6 Å². The Bertz CT molecular complexity index is 719. The minimum atomic E-state index is 0.304. The molecule has 0 aliphatic rings. The first kappa shape index (κ1) is 15.4. The van der Waals surface area contributed by atoms with Crippen LogP contribution in [0.15, 0.2) is 66.9 Å². The number of aromatic nitrogens is 3. The lowest BCUT2D eigenvalue weighted by atomic mass is 9.96. The zero-order valence-corrected chi connectivity index (χ0v) is 13.6. The predicted molar refractivity (Wildman–Crippen MR) is 92.2 cm³/mol. The van der Waals surface area contributed by atoms with E-state index in [0.717, 1.165) is 11.4 Å². The molecule has 0 amide bonds. The molecule has 0 aliphatic heterocycles. The van der Waals surface area contributed by atoms with Gasteiger partial charge in [0, 0.05) is 12.6 Å². The fourth-order valence-corrected chi connectivity index (χ4v) is 2.67. The van der Waals surface area contributed by atoms with Crippen molar-refractivity contribution in [3.63, 3.8) is 0 Å². The molecule has 23 heavy (non-hydrogen) atoms.